The van der Waals surface area contributed by atoms with Crippen LogP contribution in [0.5, 0.6) is 0 Å². The van der Waals surface area contributed by atoms with Crippen LogP contribution in [0, 0.1) is 0 Å². The van der Waals surface area contributed by atoms with Crippen LogP contribution >= 0.6 is 0 Å². The molecule has 1 aliphatic heterocycles. The molecule has 8 nitrogen and oxygen atoms in total. The molecule has 1 atom stereocenters. The summed E-state index contributed by atoms with van der Waals surface area (Å²) in [6.45, 7) is 2.00. The first-order valence-corrected chi connectivity index (χ1v) is 8.08. The van der Waals surface area contributed by atoms with Gasteiger partial charge in [-0.05, 0) is 24.3 Å². The smallest absolute Gasteiger partial charge is 0.414 e. The molecule has 2 heterocycles. The molecule has 1 aliphatic rings. The Balaban J connectivity index is 1.68. The molecular weight excluding hydrogens is 336 g/mol. The van der Waals surface area contributed by atoms with Gasteiger partial charge in [-0.3, -0.25) is 14.5 Å². The van der Waals surface area contributed by atoms with Crippen molar-refractivity contribution in [2.45, 2.75) is 13.0 Å². The molecule has 1 aromatic carbocycles. The highest BCUT2D eigenvalue weighted by molar-refractivity contribution is 5.89. The summed E-state index contributed by atoms with van der Waals surface area (Å²) in [7, 11) is 0. The summed E-state index contributed by atoms with van der Waals surface area (Å²) in [5, 5.41) is 5.58. The van der Waals surface area contributed by atoms with Gasteiger partial charge in [0.25, 0.3) is 0 Å². The number of hydrogen-bond acceptors (Lipinski definition) is 6. The monoisotopic (exact) mass is 354 g/mol. The summed E-state index contributed by atoms with van der Waals surface area (Å²) in [6, 6.07) is 11.7. The molecule has 0 radical (unpaired) electrons. The Morgan fingerprint density at radius 3 is 2.77 bits per heavy atom. The van der Waals surface area contributed by atoms with Gasteiger partial charge < -0.3 is 15.4 Å². The third kappa shape index (κ3) is 4.15. The van der Waals surface area contributed by atoms with Gasteiger partial charge in [0.2, 0.25) is 11.3 Å². The molecule has 1 fully saturated rings. The zero-order valence-corrected chi connectivity index (χ0v) is 14.1. The third-order valence-electron chi connectivity index (χ3n) is 3.77. The van der Waals surface area contributed by atoms with Crippen LogP contribution in [0.2, 0.25) is 0 Å². The van der Waals surface area contributed by atoms with Crippen molar-refractivity contribution in [3.8, 4) is 0 Å². The van der Waals surface area contributed by atoms with Crippen molar-refractivity contribution in [2.24, 2.45) is 0 Å². The SMILES string of the molecule is CC(=O)NCC1CN(c2ccc(Nc3cccccc3=O)nc2)C(=O)O1. The average Bonchev–Trinajstić information content (AvgIpc) is 2.87. The topological polar surface area (TPSA) is 101 Å². The Morgan fingerprint density at radius 1 is 1.23 bits per heavy atom. The van der Waals surface area contributed by atoms with Crippen molar-refractivity contribution in [1.82, 2.24) is 10.3 Å². The number of carbonyl (C=O) groups is 2. The minimum Gasteiger partial charge on any atom is -0.442 e. The quantitative estimate of drug-likeness (QED) is 0.847. The fourth-order valence-electron chi connectivity index (χ4n) is 2.49. The zero-order valence-electron chi connectivity index (χ0n) is 14.1. The van der Waals surface area contributed by atoms with Crippen LogP contribution in [0.25, 0.3) is 0 Å². The highest BCUT2D eigenvalue weighted by Crippen LogP contribution is 2.22. The van der Waals surface area contributed by atoms with Gasteiger partial charge in [0.15, 0.2) is 0 Å². The minimum absolute atomic E-state index is 0.148. The molecule has 8 heteroatoms. The van der Waals surface area contributed by atoms with E-state index in [4.69, 9.17) is 4.74 Å². The number of nitrogens with one attached hydrogen (secondary N) is 2. The number of ether oxygens (including phenoxy) is 1. The van der Waals surface area contributed by atoms with Crippen molar-refractivity contribution in [2.75, 3.05) is 23.3 Å². The van der Waals surface area contributed by atoms with E-state index in [0.717, 1.165) is 0 Å². The molecule has 2 amide bonds. The molecule has 1 saturated heterocycles. The summed E-state index contributed by atoms with van der Waals surface area (Å²) >= 11 is 0. The molecule has 3 rings (SSSR count). The van der Waals surface area contributed by atoms with Gasteiger partial charge in [0.05, 0.1) is 30.7 Å². The van der Waals surface area contributed by atoms with Crippen LogP contribution in [-0.2, 0) is 9.53 Å². The summed E-state index contributed by atoms with van der Waals surface area (Å²) in [5.41, 5.74) is 0.836. The number of amides is 2. The maximum absolute atomic E-state index is 12.0. The number of anilines is 3. The van der Waals surface area contributed by atoms with E-state index in [0.29, 0.717) is 23.7 Å². The van der Waals surface area contributed by atoms with Crippen molar-refractivity contribution in [3.63, 3.8) is 0 Å². The average molecular weight is 354 g/mol. The van der Waals surface area contributed by atoms with Crippen molar-refractivity contribution >= 4 is 29.2 Å². The van der Waals surface area contributed by atoms with Gasteiger partial charge in [-0.25, -0.2) is 9.78 Å². The molecule has 0 spiro atoms. The number of aromatic nitrogens is 1. The van der Waals surface area contributed by atoms with E-state index in [2.05, 4.69) is 15.6 Å². The number of nitrogens with zero attached hydrogens (tertiary/aromatic N) is 2. The van der Waals surface area contributed by atoms with E-state index in [1.807, 2.05) is 0 Å². The van der Waals surface area contributed by atoms with E-state index in [1.165, 1.54) is 24.1 Å². The Labute approximate surface area is 149 Å². The molecule has 2 aromatic rings. The molecule has 26 heavy (non-hydrogen) atoms. The van der Waals surface area contributed by atoms with E-state index in [-0.39, 0.29) is 17.9 Å². The molecule has 2 N–H and O–H groups in total. The Bertz CT molecular complexity index is 869. The lowest BCUT2D eigenvalue weighted by Gasteiger charge is -2.13. The van der Waals surface area contributed by atoms with Crippen molar-refractivity contribution in [1.29, 1.82) is 0 Å². The number of hydrogen-bond donors (Lipinski definition) is 2. The fourth-order valence-corrected chi connectivity index (χ4v) is 2.49. The molecule has 0 saturated carbocycles. The van der Waals surface area contributed by atoms with Crippen LogP contribution in [0.15, 0.2) is 53.5 Å². The predicted octanol–water partition coefficient (Wildman–Crippen LogP) is 1.65. The summed E-state index contributed by atoms with van der Waals surface area (Å²) < 4.78 is 5.22. The summed E-state index contributed by atoms with van der Waals surface area (Å²) in [6.07, 6.45) is 0.633. The molecule has 1 unspecified atom stereocenters. The van der Waals surface area contributed by atoms with Crippen LogP contribution < -0.4 is 21.0 Å². The van der Waals surface area contributed by atoms with E-state index < -0.39 is 12.2 Å². The number of rotatable bonds is 5. The first kappa shape index (κ1) is 17.4. The van der Waals surface area contributed by atoms with Crippen LogP contribution in [-0.4, -0.2) is 36.2 Å². The van der Waals surface area contributed by atoms with Crippen molar-refractivity contribution < 1.29 is 14.3 Å². The highest BCUT2D eigenvalue weighted by Gasteiger charge is 2.32. The summed E-state index contributed by atoms with van der Waals surface area (Å²) in [5.74, 6) is 0.308. The van der Waals surface area contributed by atoms with Crippen LogP contribution in [0.3, 0.4) is 0 Å². The number of cyclic esters (lactones) is 1. The molecule has 0 bridgehead atoms. The zero-order chi connectivity index (χ0) is 18.5. The maximum Gasteiger partial charge on any atom is 0.414 e. The Hall–Kier alpha value is -3.42. The van der Waals surface area contributed by atoms with E-state index in [1.54, 1.807) is 36.4 Å². The standard InChI is InChI=1S/C18H18N4O4/c1-12(23)19-10-14-11-22(18(25)26-14)13-7-8-17(20-9-13)21-15-5-3-2-4-6-16(15)24/h2-9,14H,10-11H2,1H3,(H,19,23)(H,20,21,24). The maximum atomic E-state index is 12.0. The molecule has 134 valence electrons. The van der Waals surface area contributed by atoms with Gasteiger partial charge >= 0.3 is 6.09 Å². The lowest BCUT2D eigenvalue weighted by Crippen LogP contribution is -2.33. The fraction of sp³-hybridized carbons (Fsp3) is 0.222. The highest BCUT2D eigenvalue weighted by atomic mass is 16.6. The normalized spacial score (nSPS) is 16.1. The first-order chi connectivity index (χ1) is 12.5. The number of pyridine rings is 1. The van der Waals surface area contributed by atoms with Gasteiger partial charge in [-0.1, -0.05) is 18.2 Å². The second-order valence-electron chi connectivity index (χ2n) is 5.77. The van der Waals surface area contributed by atoms with Gasteiger partial charge in [-0.2, -0.15) is 0 Å². The van der Waals surface area contributed by atoms with Gasteiger partial charge in [0, 0.05) is 6.92 Å². The largest absolute Gasteiger partial charge is 0.442 e. The van der Waals surface area contributed by atoms with E-state index >= 15 is 0 Å². The number of carbonyl (C=O) groups excluding carboxylic acids is 2. The first-order valence-electron chi connectivity index (χ1n) is 8.08. The summed E-state index contributed by atoms with van der Waals surface area (Å²) in [4.78, 5) is 40.5. The second-order valence-corrected chi connectivity index (χ2v) is 5.77. The Kier molecular flexibility index (Phi) is 5.12. The van der Waals surface area contributed by atoms with E-state index in [9.17, 15) is 14.4 Å². The van der Waals surface area contributed by atoms with Crippen LogP contribution in [0.1, 0.15) is 6.92 Å². The Morgan fingerprint density at radius 2 is 2.04 bits per heavy atom. The lowest BCUT2D eigenvalue weighted by atomic mass is 10.3. The lowest BCUT2D eigenvalue weighted by molar-refractivity contribution is -0.119. The third-order valence-corrected chi connectivity index (χ3v) is 3.77. The van der Waals surface area contributed by atoms with Crippen molar-refractivity contribution in [3.05, 3.63) is 58.9 Å². The molecular formula is C18H18N4O4. The molecule has 0 aliphatic carbocycles. The minimum atomic E-state index is -0.486. The van der Waals surface area contributed by atoms with Crippen LogP contribution in [0.4, 0.5) is 22.0 Å². The van der Waals surface area contributed by atoms with Gasteiger partial charge in [-0.15, -0.1) is 0 Å². The van der Waals surface area contributed by atoms with Gasteiger partial charge in [0.1, 0.15) is 11.9 Å². The second kappa shape index (κ2) is 7.64. The predicted molar refractivity (Wildman–Crippen MR) is 96.5 cm³/mol. The molecule has 1 aromatic heterocycles.